The molecule has 54 heteroatoms. The number of carbonyl (C=O) groups is 20. The molecule has 2 aromatic carbocycles. The van der Waals surface area contributed by atoms with E-state index < -0.39 is 278 Å². The lowest BCUT2D eigenvalue weighted by atomic mass is 10.0. The third kappa shape index (κ3) is 36.7. The number of benzene rings is 2. The van der Waals surface area contributed by atoms with E-state index >= 15 is 24.0 Å². The normalized spacial score (nSPS) is 23.8. The minimum Gasteiger partial charge on any atom is -0.481 e. The zero-order chi connectivity index (χ0) is 101. The van der Waals surface area contributed by atoms with Crippen molar-refractivity contribution in [3.05, 3.63) is 89.1 Å². The molecule has 3 aliphatic rings. The van der Waals surface area contributed by atoms with Gasteiger partial charge in [0.2, 0.25) is 106 Å². The molecule has 51 nitrogen and oxygen atoms in total. The predicted molar refractivity (Wildman–Crippen MR) is 497 cm³/mol. The van der Waals surface area contributed by atoms with Gasteiger partial charge >= 0.3 is 11.9 Å². The van der Waals surface area contributed by atoms with Gasteiger partial charge in [0.15, 0.2) is 11.9 Å². The van der Waals surface area contributed by atoms with Gasteiger partial charge in [-0.15, -0.1) is 0 Å². The number of nitrogens with two attached hydrogens (primary N) is 5. The first kappa shape index (κ1) is 110. The van der Waals surface area contributed by atoms with Crippen LogP contribution in [0.15, 0.2) is 61.2 Å². The lowest BCUT2D eigenvalue weighted by Gasteiger charge is -2.31. The number of carboxylic acid groups (broad SMARTS) is 2. The van der Waals surface area contributed by atoms with Crippen molar-refractivity contribution in [3.8, 4) is 0 Å². The number of primary amides is 2. The predicted octanol–water partition coefficient (Wildman–Crippen LogP) is -9.13. The number of carboxylic acids is 2. The summed E-state index contributed by atoms with van der Waals surface area (Å²) in [5, 5.41) is 89.7. The number of guanidine groups is 2. The smallest absolute Gasteiger partial charge is 0.305 e. The molecule has 7 rings (SSSR count). The van der Waals surface area contributed by atoms with E-state index in [4.69, 9.17) is 39.5 Å². The Bertz CT molecular complexity index is 5040. The first-order valence-electron chi connectivity index (χ1n) is 43.7. The average molecular weight is 1970 g/mol. The number of aromatic amines is 2. The number of imidazole rings is 1. The highest BCUT2D eigenvalue weighted by Gasteiger charge is 2.43. The third-order valence-electron chi connectivity index (χ3n) is 21.5. The van der Waals surface area contributed by atoms with Crippen molar-refractivity contribution in [2.24, 2.45) is 34.6 Å². The molecule has 0 spiro atoms. The fraction of sp³-hybridized carbons (Fsp3) is 0.530. The Hall–Kier alpha value is -13.9. The van der Waals surface area contributed by atoms with Gasteiger partial charge in [-0.2, -0.15) is 35.3 Å². The number of thioether (sulfide) groups is 3. The summed E-state index contributed by atoms with van der Waals surface area (Å²) in [6.45, 7) is 2.43. The van der Waals surface area contributed by atoms with Crippen LogP contribution >= 0.6 is 35.3 Å². The van der Waals surface area contributed by atoms with Gasteiger partial charge in [0.05, 0.1) is 50.9 Å². The van der Waals surface area contributed by atoms with Gasteiger partial charge in [-0.25, -0.2) is 4.98 Å². The molecule has 0 saturated carbocycles. The quantitative estimate of drug-likeness (QED) is 0.0158. The monoisotopic (exact) mass is 1970 g/mol. The molecule has 0 aliphatic carbocycles. The van der Waals surface area contributed by atoms with Gasteiger partial charge in [-0.3, -0.25) is 107 Å². The molecule has 137 heavy (non-hydrogen) atoms. The van der Waals surface area contributed by atoms with Gasteiger partial charge in [0.1, 0.15) is 78.5 Å². The zero-order valence-corrected chi connectivity index (χ0v) is 77.9. The number of fused-ring (bicyclic) bond motifs is 7. The molecule has 1 fully saturated rings. The molecule has 748 valence electrons. The van der Waals surface area contributed by atoms with Gasteiger partial charge < -0.3 is 149 Å². The lowest BCUT2D eigenvalue weighted by molar-refractivity contribution is -0.143. The molecular formula is C83H120N28O23S3. The van der Waals surface area contributed by atoms with E-state index in [9.17, 15) is 87.2 Å². The standard InChI is InChI=1S/C83H120N28O23S3/c1-39(2)66-79(132)104-54(26-65(119)120)76(129)103-52(23-45-27-94-48-11-6-5-10-47(45)48)74(127)105-55(24-46-28-91-38-98-46)81(134)111-19-9-14-59(111)78(131)107-57(70(123)95-29-61(86)114)36-136-33-43-20-42-21-44(22-43)34-137-37-58(77(130)101-50(72(125)109-66)13-8-18-93-83(89)90)108-80(133)67(41(4)112)110-73(126)51(15-16-60(85)113)102-75(128)53(25-64(117)118)100-63(116)31-96-69(122)49(12-7-17-92-82(87)88)99-62(115)30-97-71(124)56(35-135-32-42)106-68(121)40(3)84/h5-6,10-11,20-22,27-28,38-41,49-59,66-67,94,112H,7-9,12-19,23-26,29-37,84H2,1-4H3,(H2,85,113)(H2,86,114)(H,91,98)(H,95,123)(H,96,122)(H,97,124)(H,99,115)(H,100,116)(H,101,130)(H,102,128)(H,103,129)(H,104,132)(H,105,127)(H,106,121)(H,107,131)(H,108,133)(H,109,125)(H,110,126)(H,117,118)(H,119,120)(H4,87,88,92)(H4,89,90,93)/t40-,41+,49-,50+,51-,52-,53-,54-,55-,56-,57-,58-,59-,66-,67-/m0/s1. The molecule has 5 heterocycles. The van der Waals surface area contributed by atoms with E-state index in [0.717, 1.165) is 42.2 Å². The Labute approximate surface area is 797 Å². The molecule has 15 atom stereocenters. The SMILES string of the molecule is CC(C)[C@@H]1NC(=O)[C@@H](CCCNC(=N)N)NC(=O)[C@@H]2CSCc3cc(cc(c3)CSC[C@@H](C(=O)NCC(N)=O)NC(=O)[C@@H]3CCCN3C(=O)[C@H](Cc3cnc[nH]3)NC(=O)[C@H](Cc3c[nH]c4ccccc34)NC(=O)[C@H](CC(=O)O)NC1=O)CSC[C@H](NC(=O)[C@H](C)N)C(=O)NCC(=O)N[C@@H](CCCNC(=N)N)C(=O)NCC(=O)N[C@@H](CC(=O)O)C(=O)N[C@@H](CCC(N)=O)C(=O)N[C@@H]([C@@H](C)O)C(=O)N2. The van der Waals surface area contributed by atoms with Gasteiger partial charge in [-0.05, 0) is 93.0 Å². The number of aliphatic carboxylic acids is 2. The van der Waals surface area contributed by atoms with Gasteiger partial charge in [0, 0.05) is 102 Å². The van der Waals surface area contributed by atoms with Crippen LogP contribution in [-0.2, 0) is 126 Å². The van der Waals surface area contributed by atoms with Crippen LogP contribution in [0.2, 0.25) is 0 Å². The Morgan fingerprint density at radius 1 is 0.540 bits per heavy atom. The summed E-state index contributed by atoms with van der Waals surface area (Å²) in [6.07, 6.45) is -2.69. The number of aromatic nitrogens is 3. The second kappa shape index (κ2) is 54.6. The number of para-hydroxylation sites is 1. The molecule has 0 unspecified atom stereocenters. The molecule has 4 aromatic rings. The second-order valence-electron chi connectivity index (χ2n) is 33.0. The van der Waals surface area contributed by atoms with Crippen molar-refractivity contribution in [2.45, 2.75) is 213 Å². The van der Waals surface area contributed by atoms with Crippen molar-refractivity contribution in [3.63, 3.8) is 0 Å². The highest BCUT2D eigenvalue weighted by molar-refractivity contribution is 7.99. The number of amides is 18. The van der Waals surface area contributed by atoms with Crippen LogP contribution in [0, 0.1) is 16.7 Å². The van der Waals surface area contributed by atoms with Gasteiger partial charge in [-0.1, -0.05) is 50.2 Å². The molecule has 3 aliphatic heterocycles. The number of H-pyrrole nitrogens is 2. The Balaban J connectivity index is 1.39. The highest BCUT2D eigenvalue weighted by atomic mass is 32.2. The van der Waals surface area contributed by atoms with Crippen molar-refractivity contribution < 1.29 is 111 Å². The van der Waals surface area contributed by atoms with Crippen LogP contribution in [0.3, 0.4) is 0 Å². The first-order chi connectivity index (χ1) is 64.9. The summed E-state index contributed by atoms with van der Waals surface area (Å²) in [4.78, 5) is 295. The lowest BCUT2D eigenvalue weighted by Crippen LogP contribution is -2.62. The van der Waals surface area contributed by atoms with Crippen molar-refractivity contribution >= 4 is 176 Å². The van der Waals surface area contributed by atoms with Crippen LogP contribution in [-0.4, -0.2) is 313 Å². The second-order valence-corrected chi connectivity index (χ2v) is 36.1. The summed E-state index contributed by atoms with van der Waals surface area (Å²) in [7, 11) is 0. The molecule has 18 amide bonds. The number of nitrogens with one attached hydrogen (secondary N) is 21. The van der Waals surface area contributed by atoms with Crippen LogP contribution in [0.1, 0.15) is 120 Å². The zero-order valence-electron chi connectivity index (χ0n) is 75.5. The molecule has 1 saturated heterocycles. The summed E-state index contributed by atoms with van der Waals surface area (Å²) >= 11 is 3.09. The maximum atomic E-state index is 15.5. The maximum Gasteiger partial charge on any atom is 0.305 e. The number of aliphatic hydroxyl groups excluding tert-OH is 1. The minimum atomic E-state index is -2.16. The molecular weight excluding hydrogens is 1850 g/mol. The summed E-state index contributed by atoms with van der Waals surface area (Å²) in [5.74, 6) is -26.1. The molecule has 2 aromatic heterocycles. The van der Waals surface area contributed by atoms with E-state index in [-0.39, 0.29) is 99.8 Å². The number of rotatable bonds is 26. The number of carbonyl (C=O) groups excluding carboxylic acids is 18. The van der Waals surface area contributed by atoms with E-state index in [1.165, 1.54) is 38.2 Å². The number of hydrogen-bond donors (Lipinski definition) is 29. The Kier molecular flexibility index (Phi) is 43.9. The van der Waals surface area contributed by atoms with Crippen LogP contribution in [0.4, 0.5) is 0 Å². The van der Waals surface area contributed by atoms with Crippen LogP contribution < -0.4 is 119 Å². The van der Waals surface area contributed by atoms with E-state index in [1.807, 2.05) is 0 Å². The van der Waals surface area contributed by atoms with Crippen LogP contribution in [0.25, 0.3) is 10.9 Å². The first-order valence-corrected chi connectivity index (χ1v) is 47.1. The molecule has 0 radical (unpaired) electrons. The molecule has 4 bridgehead atoms. The number of hydrogen-bond acceptors (Lipinski definition) is 28. The van der Waals surface area contributed by atoms with Crippen molar-refractivity contribution in [1.82, 2.24) is 110 Å². The van der Waals surface area contributed by atoms with E-state index in [0.29, 0.717) is 38.9 Å². The summed E-state index contributed by atoms with van der Waals surface area (Å²) in [5.41, 5.74) is 30.7. The average Bonchev–Trinajstić information content (AvgIpc) is 1.69. The van der Waals surface area contributed by atoms with Gasteiger partial charge in [0.25, 0.3) is 0 Å². The third-order valence-corrected chi connectivity index (χ3v) is 24.8. The van der Waals surface area contributed by atoms with Crippen molar-refractivity contribution in [2.75, 3.05) is 56.5 Å². The number of aliphatic hydroxyl groups is 1. The largest absolute Gasteiger partial charge is 0.481 e. The minimum absolute atomic E-state index is 0.00586. The van der Waals surface area contributed by atoms with E-state index in [1.54, 1.807) is 48.7 Å². The Morgan fingerprint density at radius 2 is 1.05 bits per heavy atom. The van der Waals surface area contributed by atoms with Crippen LogP contribution in [0.5, 0.6) is 0 Å². The summed E-state index contributed by atoms with van der Waals surface area (Å²) < 4.78 is 0. The number of nitrogens with zero attached hydrogens (tertiary/aromatic N) is 2. The Morgan fingerprint density at radius 3 is 1.61 bits per heavy atom. The fourth-order valence-electron chi connectivity index (χ4n) is 14.5. The maximum absolute atomic E-state index is 15.5. The van der Waals surface area contributed by atoms with Crippen molar-refractivity contribution in [1.29, 1.82) is 10.8 Å². The topological polar surface area (TPSA) is 832 Å². The summed E-state index contributed by atoms with van der Waals surface area (Å²) in [6, 6.07) is -12.1. The molecule has 34 N–H and O–H groups in total. The fourth-order valence-corrected chi connectivity index (χ4v) is 17.5. The van der Waals surface area contributed by atoms with E-state index in [2.05, 4.69) is 105 Å². The highest BCUT2D eigenvalue weighted by Crippen LogP contribution is 2.27.